The highest BCUT2D eigenvalue weighted by Crippen LogP contribution is 2.32. The molecule has 0 aliphatic heterocycles. The van der Waals surface area contributed by atoms with E-state index in [4.69, 9.17) is 0 Å². The minimum Gasteiger partial charge on any atom is -0.294 e. The van der Waals surface area contributed by atoms with Gasteiger partial charge >= 0.3 is 0 Å². The maximum atomic E-state index is 12.8. The predicted octanol–water partition coefficient (Wildman–Crippen LogP) is 4.64. The first-order valence-corrected chi connectivity index (χ1v) is 10.7. The van der Waals surface area contributed by atoms with E-state index in [2.05, 4.69) is 58.4 Å². The third-order valence-corrected chi connectivity index (χ3v) is 6.19. The number of Topliss-reactive ketones (excluding diaryl/α,β-unsaturated/α-hetero) is 1. The summed E-state index contributed by atoms with van der Waals surface area (Å²) in [7, 11) is 0. The summed E-state index contributed by atoms with van der Waals surface area (Å²) in [6.07, 6.45) is 3.05. The Labute approximate surface area is 173 Å². The lowest BCUT2D eigenvalue weighted by molar-refractivity contribution is 0.0962. The Morgan fingerprint density at radius 3 is 2.76 bits per heavy atom. The number of ketones is 1. The van der Waals surface area contributed by atoms with Crippen molar-refractivity contribution in [3.63, 3.8) is 0 Å². The highest BCUT2D eigenvalue weighted by atomic mass is 32.2. The molecule has 5 nitrogen and oxygen atoms in total. The van der Waals surface area contributed by atoms with Gasteiger partial charge in [-0.2, -0.15) is 4.98 Å². The molecule has 2 aromatic carbocycles. The van der Waals surface area contributed by atoms with E-state index in [0.29, 0.717) is 22.9 Å². The normalized spacial score (nSPS) is 16.2. The summed E-state index contributed by atoms with van der Waals surface area (Å²) in [5.41, 5.74) is 5.16. The van der Waals surface area contributed by atoms with E-state index < -0.39 is 0 Å². The molecule has 4 aromatic rings. The molecule has 144 valence electrons. The molecule has 1 atom stereocenters. The zero-order chi connectivity index (χ0) is 19.8. The average Bonchev–Trinajstić information content (AvgIpc) is 3.13. The molecular formula is C23H20N4OS. The van der Waals surface area contributed by atoms with Crippen LogP contribution in [0, 0.1) is 6.92 Å². The van der Waals surface area contributed by atoms with Crippen LogP contribution < -0.4 is 0 Å². The highest BCUT2D eigenvalue weighted by Gasteiger charge is 2.28. The third-order valence-electron chi connectivity index (χ3n) is 5.28. The van der Waals surface area contributed by atoms with Gasteiger partial charge in [0.1, 0.15) is 0 Å². The van der Waals surface area contributed by atoms with Gasteiger partial charge < -0.3 is 0 Å². The summed E-state index contributed by atoms with van der Waals surface area (Å²) in [4.78, 5) is 22.0. The number of carbonyl (C=O) groups excluding carboxylic acids is 1. The second kappa shape index (κ2) is 7.44. The molecule has 1 aliphatic rings. The van der Waals surface area contributed by atoms with Crippen LogP contribution in [0.3, 0.4) is 0 Å². The van der Waals surface area contributed by atoms with Crippen LogP contribution in [0.5, 0.6) is 0 Å². The van der Waals surface area contributed by atoms with Crippen molar-refractivity contribution in [1.29, 1.82) is 0 Å². The van der Waals surface area contributed by atoms with Gasteiger partial charge in [0, 0.05) is 18.4 Å². The first-order chi connectivity index (χ1) is 14.2. The van der Waals surface area contributed by atoms with Crippen LogP contribution in [0.15, 0.2) is 66.0 Å². The van der Waals surface area contributed by atoms with Crippen LogP contribution in [0.25, 0.3) is 5.78 Å². The summed E-state index contributed by atoms with van der Waals surface area (Å²) in [6, 6.07) is 18.6. The van der Waals surface area contributed by atoms with Gasteiger partial charge in [-0.15, -0.1) is 5.10 Å². The number of aryl methyl sites for hydroxylation is 1. The monoisotopic (exact) mass is 400 g/mol. The topological polar surface area (TPSA) is 60.1 Å². The molecule has 0 amide bonds. The molecule has 6 heteroatoms. The van der Waals surface area contributed by atoms with Crippen molar-refractivity contribution in [2.24, 2.45) is 0 Å². The Kier molecular flexibility index (Phi) is 4.64. The fourth-order valence-corrected chi connectivity index (χ4v) is 4.60. The van der Waals surface area contributed by atoms with Crippen molar-refractivity contribution in [2.75, 3.05) is 0 Å². The van der Waals surface area contributed by atoms with Gasteiger partial charge in [0.05, 0.1) is 11.3 Å². The van der Waals surface area contributed by atoms with Gasteiger partial charge in [0.15, 0.2) is 5.78 Å². The molecule has 0 fully saturated rings. The summed E-state index contributed by atoms with van der Waals surface area (Å²) < 4.78 is 1.64. The molecule has 0 unspecified atom stereocenters. The fraction of sp³-hybridized carbons (Fsp3) is 0.217. The van der Waals surface area contributed by atoms with Gasteiger partial charge in [0.25, 0.3) is 5.78 Å². The third kappa shape index (κ3) is 3.68. The Balaban J connectivity index is 1.41. The van der Waals surface area contributed by atoms with Crippen LogP contribution in [-0.4, -0.2) is 25.4 Å². The molecule has 2 heterocycles. The Hall–Kier alpha value is -2.99. The number of carbonyl (C=O) groups is 1. The van der Waals surface area contributed by atoms with Crippen molar-refractivity contribution < 1.29 is 4.79 Å². The van der Waals surface area contributed by atoms with Gasteiger partial charge in [0.2, 0.25) is 5.16 Å². The van der Waals surface area contributed by atoms with Crippen molar-refractivity contribution in [3.05, 3.63) is 88.7 Å². The molecule has 0 spiro atoms. The number of hydrogen-bond donors (Lipinski definition) is 0. The molecule has 0 saturated carbocycles. The molecule has 0 N–H and O–H groups in total. The highest BCUT2D eigenvalue weighted by molar-refractivity contribution is 7.98. The number of rotatable bonds is 4. The van der Waals surface area contributed by atoms with Crippen LogP contribution in [0.2, 0.25) is 0 Å². The Morgan fingerprint density at radius 2 is 1.93 bits per heavy atom. The number of thioether (sulfide) groups is 1. The second-order valence-corrected chi connectivity index (χ2v) is 8.40. The van der Waals surface area contributed by atoms with Gasteiger partial charge in [-0.1, -0.05) is 71.9 Å². The van der Waals surface area contributed by atoms with E-state index in [0.717, 1.165) is 17.9 Å². The summed E-state index contributed by atoms with van der Waals surface area (Å²) in [5.74, 6) is 1.65. The van der Waals surface area contributed by atoms with Crippen LogP contribution in [-0.2, 0) is 12.2 Å². The average molecular weight is 401 g/mol. The lowest BCUT2D eigenvalue weighted by atomic mass is 9.82. The molecule has 29 heavy (non-hydrogen) atoms. The van der Waals surface area contributed by atoms with E-state index in [9.17, 15) is 4.79 Å². The Bertz CT molecular complexity index is 1200. The largest absolute Gasteiger partial charge is 0.294 e. The standard InChI is InChI=1S/C23H20N4OS/c1-15-6-5-7-16(10-15)14-29-23-25-22-24-20-11-18(17-8-3-2-4-9-17)12-21(28)19(20)13-27(22)26-23/h2-10,13,18H,11-12,14H2,1H3/t18-/m0/s1. The van der Waals surface area contributed by atoms with Crippen molar-refractivity contribution in [1.82, 2.24) is 19.6 Å². The summed E-state index contributed by atoms with van der Waals surface area (Å²) >= 11 is 1.58. The zero-order valence-corrected chi connectivity index (χ0v) is 16.9. The number of fused-ring (bicyclic) bond motifs is 2. The fourth-order valence-electron chi connectivity index (χ4n) is 3.84. The van der Waals surface area contributed by atoms with E-state index in [1.165, 1.54) is 16.7 Å². The quantitative estimate of drug-likeness (QED) is 0.467. The SMILES string of the molecule is Cc1cccc(CSc2nc3nc4c(cn3n2)C(=O)C[C@@H](c2ccccc2)C4)c1. The molecule has 0 radical (unpaired) electrons. The van der Waals surface area contributed by atoms with E-state index in [-0.39, 0.29) is 11.7 Å². The minimum absolute atomic E-state index is 0.124. The molecular weight excluding hydrogens is 380 g/mol. The summed E-state index contributed by atoms with van der Waals surface area (Å²) in [6.45, 7) is 2.09. The van der Waals surface area contributed by atoms with E-state index >= 15 is 0 Å². The second-order valence-electron chi connectivity index (χ2n) is 7.46. The minimum atomic E-state index is 0.124. The first kappa shape index (κ1) is 18.1. The molecule has 2 aromatic heterocycles. The van der Waals surface area contributed by atoms with Crippen LogP contribution in [0.1, 0.15) is 45.1 Å². The van der Waals surface area contributed by atoms with Crippen molar-refractivity contribution >= 4 is 23.3 Å². The smallest absolute Gasteiger partial charge is 0.253 e. The number of hydrogen-bond acceptors (Lipinski definition) is 5. The van der Waals surface area contributed by atoms with Gasteiger partial charge in [-0.3, -0.25) is 4.79 Å². The van der Waals surface area contributed by atoms with Crippen molar-refractivity contribution in [2.45, 2.75) is 36.6 Å². The number of aromatic nitrogens is 4. The maximum Gasteiger partial charge on any atom is 0.253 e. The number of nitrogens with zero attached hydrogens (tertiary/aromatic N) is 4. The summed E-state index contributed by atoms with van der Waals surface area (Å²) in [5, 5.41) is 5.20. The predicted molar refractivity (Wildman–Crippen MR) is 113 cm³/mol. The molecule has 0 saturated heterocycles. The maximum absolute atomic E-state index is 12.8. The first-order valence-electron chi connectivity index (χ1n) is 9.68. The lowest BCUT2D eigenvalue weighted by Gasteiger charge is -2.22. The van der Waals surface area contributed by atoms with E-state index in [1.807, 2.05) is 18.2 Å². The van der Waals surface area contributed by atoms with Crippen LogP contribution in [0.4, 0.5) is 0 Å². The lowest BCUT2D eigenvalue weighted by Crippen LogP contribution is -2.21. The van der Waals surface area contributed by atoms with Crippen LogP contribution >= 0.6 is 11.8 Å². The molecule has 0 bridgehead atoms. The van der Waals surface area contributed by atoms with Gasteiger partial charge in [-0.05, 0) is 30.4 Å². The molecule has 5 rings (SSSR count). The van der Waals surface area contributed by atoms with E-state index in [1.54, 1.807) is 22.5 Å². The number of benzene rings is 2. The zero-order valence-electron chi connectivity index (χ0n) is 16.1. The van der Waals surface area contributed by atoms with Crippen molar-refractivity contribution in [3.8, 4) is 0 Å². The Morgan fingerprint density at radius 1 is 1.07 bits per heavy atom. The van der Waals surface area contributed by atoms with Gasteiger partial charge in [-0.25, -0.2) is 9.50 Å². The molecule has 1 aliphatic carbocycles.